The Morgan fingerprint density at radius 3 is 2.56 bits per heavy atom. The molecule has 1 rings (SSSR count). The van der Waals surface area contributed by atoms with Gasteiger partial charge < -0.3 is 20.9 Å². The van der Waals surface area contributed by atoms with Crippen LogP contribution >= 0.6 is 0 Å². The minimum absolute atomic E-state index is 0.136. The first kappa shape index (κ1) is 13.8. The van der Waals surface area contributed by atoms with E-state index in [1.165, 1.54) is 19.2 Å². The van der Waals surface area contributed by atoms with Gasteiger partial charge in [0.05, 0.1) is 30.9 Å². The number of ether oxygens (including phenoxy) is 2. The molecule has 1 aromatic carbocycles. The van der Waals surface area contributed by atoms with E-state index in [4.69, 9.17) is 16.2 Å². The highest BCUT2D eigenvalue weighted by Gasteiger charge is 2.12. The summed E-state index contributed by atoms with van der Waals surface area (Å²) in [7, 11) is 1.29. The number of esters is 1. The van der Waals surface area contributed by atoms with Crippen molar-refractivity contribution in [2.75, 3.05) is 19.5 Å². The number of methoxy groups -OCH3 is 1. The summed E-state index contributed by atoms with van der Waals surface area (Å²) in [5, 5.41) is 0. The summed E-state index contributed by atoms with van der Waals surface area (Å²) in [5.41, 5.74) is 11.5. The maximum absolute atomic E-state index is 11.3. The van der Waals surface area contributed by atoms with Crippen LogP contribution in [-0.4, -0.2) is 25.6 Å². The third-order valence-corrected chi connectivity index (χ3v) is 2.41. The molecule has 98 valence electrons. The van der Waals surface area contributed by atoms with Crippen molar-refractivity contribution in [3.8, 4) is 5.75 Å². The van der Waals surface area contributed by atoms with E-state index in [1.807, 2.05) is 0 Å². The molecule has 0 fully saturated rings. The lowest BCUT2D eigenvalue weighted by Crippen LogP contribution is -2.25. The molecule has 0 heterocycles. The molecule has 0 bridgehead atoms. The summed E-state index contributed by atoms with van der Waals surface area (Å²) in [4.78, 5) is 22.1. The molecule has 6 nitrogen and oxygen atoms in total. The molecule has 0 saturated carbocycles. The van der Waals surface area contributed by atoms with Crippen LogP contribution in [0.25, 0.3) is 0 Å². The van der Waals surface area contributed by atoms with Crippen molar-refractivity contribution >= 4 is 17.6 Å². The van der Waals surface area contributed by atoms with Crippen molar-refractivity contribution in [2.45, 2.75) is 6.92 Å². The number of hydrogen-bond acceptors (Lipinski definition) is 5. The van der Waals surface area contributed by atoms with E-state index in [0.717, 1.165) is 0 Å². The summed E-state index contributed by atoms with van der Waals surface area (Å²) in [6, 6.07) is 4.54. The summed E-state index contributed by atoms with van der Waals surface area (Å²) in [6.45, 7) is 1.79. The molecule has 0 aliphatic rings. The molecule has 1 amide bonds. The normalized spacial score (nSPS) is 11.7. The number of rotatable bonds is 5. The third kappa shape index (κ3) is 3.38. The van der Waals surface area contributed by atoms with Crippen molar-refractivity contribution in [3.63, 3.8) is 0 Å². The van der Waals surface area contributed by atoms with E-state index in [1.54, 1.807) is 13.0 Å². The smallest absolute Gasteiger partial charge is 0.337 e. The number of carbonyl (C=O) groups is 2. The fourth-order valence-electron chi connectivity index (χ4n) is 1.22. The van der Waals surface area contributed by atoms with E-state index < -0.39 is 17.8 Å². The van der Waals surface area contributed by atoms with Gasteiger partial charge in [-0.15, -0.1) is 0 Å². The van der Waals surface area contributed by atoms with Gasteiger partial charge in [0.2, 0.25) is 5.91 Å². The quantitative estimate of drug-likeness (QED) is 0.588. The minimum atomic E-state index is -0.473. The second-order valence-electron chi connectivity index (χ2n) is 3.86. The van der Waals surface area contributed by atoms with E-state index in [2.05, 4.69) is 4.74 Å². The Morgan fingerprint density at radius 1 is 1.39 bits per heavy atom. The largest absolute Gasteiger partial charge is 0.491 e. The molecule has 4 N–H and O–H groups in total. The summed E-state index contributed by atoms with van der Waals surface area (Å²) < 4.78 is 9.91. The highest BCUT2D eigenvalue weighted by atomic mass is 16.5. The predicted molar refractivity (Wildman–Crippen MR) is 66.0 cm³/mol. The maximum Gasteiger partial charge on any atom is 0.337 e. The van der Waals surface area contributed by atoms with Gasteiger partial charge in [-0.25, -0.2) is 4.79 Å². The van der Waals surface area contributed by atoms with Gasteiger partial charge in [-0.05, 0) is 18.2 Å². The number of primary amides is 1. The highest BCUT2D eigenvalue weighted by molar-refractivity contribution is 5.90. The zero-order valence-corrected chi connectivity index (χ0v) is 10.3. The molecule has 0 radical (unpaired) electrons. The third-order valence-electron chi connectivity index (χ3n) is 2.41. The van der Waals surface area contributed by atoms with E-state index in [-0.39, 0.29) is 6.61 Å². The van der Waals surface area contributed by atoms with Gasteiger partial charge in [0, 0.05) is 0 Å². The zero-order chi connectivity index (χ0) is 13.7. The molecule has 1 unspecified atom stereocenters. The molecule has 0 aliphatic carbocycles. The Hall–Kier alpha value is -2.24. The van der Waals surface area contributed by atoms with Crippen LogP contribution in [-0.2, 0) is 9.53 Å². The lowest BCUT2D eigenvalue weighted by molar-refractivity contribution is -0.122. The summed E-state index contributed by atoms with van der Waals surface area (Å²) in [6.07, 6.45) is 0. The van der Waals surface area contributed by atoms with Gasteiger partial charge in [-0.3, -0.25) is 4.79 Å². The minimum Gasteiger partial charge on any atom is -0.491 e. The average Bonchev–Trinajstić information content (AvgIpc) is 2.35. The summed E-state index contributed by atoms with van der Waals surface area (Å²) in [5.74, 6) is -0.932. The molecule has 18 heavy (non-hydrogen) atoms. The van der Waals surface area contributed by atoms with Crippen molar-refractivity contribution in [1.82, 2.24) is 0 Å². The number of benzene rings is 1. The number of anilines is 1. The van der Waals surface area contributed by atoms with Gasteiger partial charge in [-0.2, -0.15) is 0 Å². The average molecular weight is 252 g/mol. The zero-order valence-electron chi connectivity index (χ0n) is 10.3. The molecule has 1 aromatic rings. The van der Waals surface area contributed by atoms with Crippen LogP contribution in [0.2, 0.25) is 0 Å². The molecule has 0 spiro atoms. The van der Waals surface area contributed by atoms with Crippen molar-refractivity contribution < 1.29 is 19.1 Å². The van der Waals surface area contributed by atoms with Gasteiger partial charge in [0.1, 0.15) is 5.75 Å². The van der Waals surface area contributed by atoms with Gasteiger partial charge in [0.15, 0.2) is 0 Å². The topological polar surface area (TPSA) is 105 Å². The Bertz CT molecular complexity index is 459. The number of nitrogen functional groups attached to an aromatic ring is 1. The Labute approximate surface area is 105 Å². The first-order valence-corrected chi connectivity index (χ1v) is 5.35. The van der Waals surface area contributed by atoms with Crippen molar-refractivity contribution in [1.29, 1.82) is 0 Å². The van der Waals surface area contributed by atoms with E-state index in [0.29, 0.717) is 17.0 Å². The molecule has 6 heteroatoms. The lowest BCUT2D eigenvalue weighted by Gasteiger charge is -2.12. The van der Waals surface area contributed by atoms with E-state index in [9.17, 15) is 9.59 Å². The van der Waals surface area contributed by atoms with Crippen LogP contribution in [0.4, 0.5) is 5.69 Å². The second-order valence-corrected chi connectivity index (χ2v) is 3.86. The SMILES string of the molecule is COC(=O)c1ccc(OCC(C)C(N)=O)c(N)c1. The van der Waals surface area contributed by atoms with Gasteiger partial charge >= 0.3 is 5.97 Å². The van der Waals surface area contributed by atoms with Crippen LogP contribution in [0.1, 0.15) is 17.3 Å². The Morgan fingerprint density at radius 2 is 2.06 bits per heavy atom. The molecule has 0 saturated heterocycles. The number of nitrogens with two attached hydrogens (primary N) is 2. The van der Waals surface area contributed by atoms with Crippen LogP contribution < -0.4 is 16.2 Å². The first-order chi connectivity index (χ1) is 8.45. The molecule has 1 atom stereocenters. The highest BCUT2D eigenvalue weighted by Crippen LogP contribution is 2.23. The van der Waals surface area contributed by atoms with Crippen LogP contribution in [0, 0.1) is 5.92 Å². The monoisotopic (exact) mass is 252 g/mol. The molecular formula is C12H16N2O4. The first-order valence-electron chi connectivity index (χ1n) is 5.35. The molecular weight excluding hydrogens is 236 g/mol. The Balaban J connectivity index is 2.74. The summed E-state index contributed by atoms with van der Waals surface area (Å²) >= 11 is 0. The van der Waals surface area contributed by atoms with Crippen molar-refractivity contribution in [2.24, 2.45) is 11.7 Å². The molecule has 0 aromatic heterocycles. The lowest BCUT2D eigenvalue weighted by atomic mass is 10.1. The predicted octanol–water partition coefficient (Wildman–Crippen LogP) is 0.556. The maximum atomic E-state index is 11.3. The molecule has 0 aliphatic heterocycles. The van der Waals surface area contributed by atoms with Crippen LogP contribution in [0.5, 0.6) is 5.75 Å². The second kappa shape index (κ2) is 5.90. The number of hydrogen-bond donors (Lipinski definition) is 2. The van der Waals surface area contributed by atoms with Crippen LogP contribution in [0.3, 0.4) is 0 Å². The van der Waals surface area contributed by atoms with Crippen molar-refractivity contribution in [3.05, 3.63) is 23.8 Å². The van der Waals surface area contributed by atoms with Gasteiger partial charge in [0.25, 0.3) is 0 Å². The van der Waals surface area contributed by atoms with Gasteiger partial charge in [-0.1, -0.05) is 6.92 Å². The number of amides is 1. The Kier molecular flexibility index (Phi) is 4.53. The fourth-order valence-corrected chi connectivity index (χ4v) is 1.22. The van der Waals surface area contributed by atoms with E-state index >= 15 is 0 Å². The number of carbonyl (C=O) groups excluding carboxylic acids is 2. The van der Waals surface area contributed by atoms with Crippen LogP contribution in [0.15, 0.2) is 18.2 Å². The standard InChI is InChI=1S/C12H16N2O4/c1-7(11(14)15)6-18-10-4-3-8(5-9(10)13)12(16)17-2/h3-5,7H,6,13H2,1-2H3,(H2,14,15). The fraction of sp³-hybridized carbons (Fsp3) is 0.333.